The molecule has 0 spiro atoms. The fourth-order valence-electron chi connectivity index (χ4n) is 5.19. The third-order valence-electron chi connectivity index (χ3n) is 7.53. The highest BCUT2D eigenvalue weighted by molar-refractivity contribution is 7.12. The second-order valence-corrected chi connectivity index (χ2v) is 12.0. The van der Waals surface area contributed by atoms with E-state index in [2.05, 4.69) is 5.32 Å². The summed E-state index contributed by atoms with van der Waals surface area (Å²) in [4.78, 5) is 43.2. The first-order valence-electron chi connectivity index (χ1n) is 14.8. The van der Waals surface area contributed by atoms with E-state index in [0.29, 0.717) is 49.6 Å². The maximum Gasteiger partial charge on any atom is 0.311 e. The van der Waals surface area contributed by atoms with Gasteiger partial charge in [0.2, 0.25) is 5.91 Å². The number of nitrogens with two attached hydrogens (primary N) is 1. The quantitative estimate of drug-likeness (QED) is 0.119. The normalized spacial score (nSPS) is 13.0. The van der Waals surface area contributed by atoms with Gasteiger partial charge in [-0.1, -0.05) is 54.6 Å². The predicted octanol–water partition coefficient (Wildman–Crippen LogP) is 4.64. The smallest absolute Gasteiger partial charge is 0.311 e. The molecule has 2 heterocycles. The molecule has 1 aliphatic heterocycles. The largest absolute Gasteiger partial charge is 0.489 e. The van der Waals surface area contributed by atoms with Crippen molar-refractivity contribution in [2.24, 2.45) is 5.73 Å². The highest BCUT2D eigenvalue weighted by Crippen LogP contribution is 2.29. The summed E-state index contributed by atoms with van der Waals surface area (Å²) in [5.41, 5.74) is 9.39. The lowest BCUT2D eigenvalue weighted by Crippen LogP contribution is -2.50. The molecule has 9 nitrogen and oxygen atoms in total. The molecule has 1 atom stereocenters. The van der Waals surface area contributed by atoms with Crippen molar-refractivity contribution in [3.05, 3.63) is 123 Å². The van der Waals surface area contributed by atoms with Crippen LogP contribution in [0.3, 0.4) is 0 Å². The van der Waals surface area contributed by atoms with Crippen LogP contribution < -0.4 is 15.8 Å². The van der Waals surface area contributed by atoms with E-state index in [4.69, 9.17) is 20.6 Å². The zero-order chi connectivity index (χ0) is 31.8. The molecule has 0 unspecified atom stereocenters. The van der Waals surface area contributed by atoms with Crippen LogP contribution in [-0.4, -0.2) is 47.7 Å². The van der Waals surface area contributed by atoms with Crippen molar-refractivity contribution in [2.45, 2.75) is 45.4 Å². The number of hydrogen-bond donors (Lipinski definition) is 3. The van der Waals surface area contributed by atoms with Gasteiger partial charge in [0.25, 0.3) is 5.91 Å². The van der Waals surface area contributed by atoms with Gasteiger partial charge in [0.1, 0.15) is 24.2 Å². The van der Waals surface area contributed by atoms with Gasteiger partial charge in [-0.05, 0) is 60.4 Å². The minimum atomic E-state index is -0.819. The lowest BCUT2D eigenvalue weighted by atomic mass is 10.0. The summed E-state index contributed by atoms with van der Waals surface area (Å²) in [6.07, 6.45) is 1.18. The van der Waals surface area contributed by atoms with Crippen molar-refractivity contribution in [3.8, 4) is 5.75 Å². The molecule has 10 heteroatoms. The van der Waals surface area contributed by atoms with Crippen LogP contribution in [0.25, 0.3) is 0 Å². The Labute approximate surface area is 266 Å². The van der Waals surface area contributed by atoms with E-state index in [0.717, 1.165) is 26.4 Å². The first-order chi connectivity index (χ1) is 21.8. The lowest BCUT2D eigenvalue weighted by molar-refractivity contribution is -0.142. The molecule has 4 N–H and O–H groups in total. The van der Waals surface area contributed by atoms with Crippen LogP contribution in [0.2, 0.25) is 0 Å². The molecule has 0 aliphatic carbocycles. The summed E-state index contributed by atoms with van der Waals surface area (Å²) in [5.74, 6) is -0.220. The Hall–Kier alpha value is -4.96. The van der Waals surface area contributed by atoms with Crippen molar-refractivity contribution in [2.75, 3.05) is 13.2 Å². The molecule has 0 radical (unpaired) electrons. The molecule has 2 amide bonds. The van der Waals surface area contributed by atoms with Crippen molar-refractivity contribution in [1.29, 1.82) is 5.41 Å². The van der Waals surface area contributed by atoms with Crippen molar-refractivity contribution >= 4 is 35.0 Å². The Morgan fingerprint density at radius 2 is 1.69 bits per heavy atom. The average molecular weight is 625 g/mol. The van der Waals surface area contributed by atoms with E-state index in [1.807, 2.05) is 60.7 Å². The first kappa shape index (κ1) is 31.5. The van der Waals surface area contributed by atoms with Gasteiger partial charge in [-0.15, -0.1) is 11.3 Å². The number of benzene rings is 3. The monoisotopic (exact) mass is 624 g/mol. The number of carbonyl (C=O) groups excluding carboxylic acids is 3. The molecule has 232 valence electrons. The number of nitrogens with one attached hydrogen (secondary N) is 2. The topological polar surface area (TPSA) is 135 Å². The Morgan fingerprint density at radius 1 is 0.978 bits per heavy atom. The molecule has 0 bridgehead atoms. The SMILES string of the molecule is CCOC(=O)Cc1cc2c(s1)CCN(C(=O)[C@@H](Cc1ccc(OCc3ccccc3)cc1)NC(=O)c1ccc(C(=N)N)cc1)C2. The fraction of sp³-hybridized carbons (Fsp3) is 0.257. The van der Waals surface area contributed by atoms with E-state index >= 15 is 0 Å². The number of esters is 1. The van der Waals surface area contributed by atoms with E-state index in [1.54, 1.807) is 47.4 Å². The molecule has 1 aliphatic rings. The maximum atomic E-state index is 14.0. The van der Waals surface area contributed by atoms with Crippen LogP contribution in [0.4, 0.5) is 0 Å². The van der Waals surface area contributed by atoms with Crippen LogP contribution in [0.1, 0.15) is 49.3 Å². The molecule has 4 aromatic rings. The summed E-state index contributed by atoms with van der Waals surface area (Å²) in [6.45, 7) is 3.48. The number of nitrogens with zero attached hydrogens (tertiary/aromatic N) is 1. The minimum absolute atomic E-state index is 0.0884. The van der Waals surface area contributed by atoms with Crippen molar-refractivity contribution in [1.82, 2.24) is 10.2 Å². The molecule has 0 fully saturated rings. The summed E-state index contributed by atoms with van der Waals surface area (Å²) >= 11 is 1.58. The zero-order valence-electron chi connectivity index (χ0n) is 25.1. The molecule has 5 rings (SSSR count). The number of hydrogen-bond acceptors (Lipinski definition) is 7. The van der Waals surface area contributed by atoms with E-state index in [-0.39, 0.29) is 30.6 Å². The van der Waals surface area contributed by atoms with Crippen LogP contribution in [0.5, 0.6) is 5.75 Å². The van der Waals surface area contributed by atoms with Gasteiger partial charge < -0.3 is 25.4 Å². The zero-order valence-corrected chi connectivity index (χ0v) is 25.9. The van der Waals surface area contributed by atoms with Crippen molar-refractivity contribution < 1.29 is 23.9 Å². The number of fused-ring (bicyclic) bond motifs is 1. The molecular formula is C35H36N4O5S. The van der Waals surface area contributed by atoms with E-state index in [1.165, 1.54) is 0 Å². The highest BCUT2D eigenvalue weighted by atomic mass is 32.1. The first-order valence-corrected chi connectivity index (χ1v) is 15.7. The number of amides is 2. The maximum absolute atomic E-state index is 14.0. The number of carbonyl (C=O) groups is 3. The summed E-state index contributed by atoms with van der Waals surface area (Å²) in [5, 5.41) is 10.6. The summed E-state index contributed by atoms with van der Waals surface area (Å²) < 4.78 is 11.0. The molecule has 3 aromatic carbocycles. The van der Waals surface area contributed by atoms with Crippen molar-refractivity contribution in [3.63, 3.8) is 0 Å². The molecule has 0 saturated carbocycles. The van der Waals surface area contributed by atoms with E-state index < -0.39 is 11.9 Å². The molecule has 45 heavy (non-hydrogen) atoms. The highest BCUT2D eigenvalue weighted by Gasteiger charge is 2.30. The molecule has 0 saturated heterocycles. The van der Waals surface area contributed by atoms with Gasteiger partial charge in [-0.2, -0.15) is 0 Å². The lowest BCUT2D eigenvalue weighted by Gasteiger charge is -2.31. The second-order valence-electron chi connectivity index (χ2n) is 10.8. The molecule has 1 aromatic heterocycles. The van der Waals surface area contributed by atoms with Crippen LogP contribution in [-0.2, 0) is 46.7 Å². The van der Waals surface area contributed by atoms with E-state index in [9.17, 15) is 14.4 Å². The van der Waals surface area contributed by atoms with Crippen LogP contribution in [0.15, 0.2) is 84.9 Å². The number of thiophene rings is 1. The van der Waals surface area contributed by atoms with Gasteiger partial charge in [0.05, 0.1) is 13.0 Å². The van der Waals surface area contributed by atoms with Gasteiger partial charge in [-0.25, -0.2) is 0 Å². The fourth-order valence-corrected chi connectivity index (χ4v) is 6.34. The number of rotatable bonds is 12. The third kappa shape index (κ3) is 8.36. The van der Waals surface area contributed by atoms with Crippen LogP contribution in [0, 0.1) is 5.41 Å². The Morgan fingerprint density at radius 3 is 2.38 bits per heavy atom. The van der Waals surface area contributed by atoms with Gasteiger partial charge >= 0.3 is 5.97 Å². The predicted molar refractivity (Wildman–Crippen MR) is 173 cm³/mol. The Balaban J connectivity index is 1.30. The Kier molecular flexibility index (Phi) is 10.3. The summed E-state index contributed by atoms with van der Waals surface area (Å²) in [7, 11) is 0. The van der Waals surface area contributed by atoms with Crippen LogP contribution >= 0.6 is 11.3 Å². The number of nitrogen functional groups attached to an aromatic ring is 1. The minimum Gasteiger partial charge on any atom is -0.489 e. The summed E-state index contributed by atoms with van der Waals surface area (Å²) in [6, 6.07) is 25.0. The van der Waals surface area contributed by atoms with Gasteiger partial charge in [0, 0.05) is 40.4 Å². The number of ether oxygens (including phenoxy) is 2. The number of amidine groups is 1. The van der Waals surface area contributed by atoms with Gasteiger partial charge in [-0.3, -0.25) is 19.8 Å². The Bertz CT molecular complexity index is 1650. The standard InChI is InChI=1S/C35H36N4O5S/c1-2-43-32(40)20-29-19-27-21-39(17-16-31(27)45-29)35(42)30(38-34(41)26-12-10-25(11-13-26)33(36)37)18-23-8-14-28(15-9-23)44-22-24-6-4-3-5-7-24/h3-15,19,30H,2,16-18,20-22H2,1H3,(H3,36,37)(H,38,41)/t30-/m1/s1. The second kappa shape index (κ2) is 14.7. The third-order valence-corrected chi connectivity index (χ3v) is 8.76. The average Bonchev–Trinajstić information content (AvgIpc) is 3.45. The molecular weight excluding hydrogens is 588 g/mol. The van der Waals surface area contributed by atoms with Gasteiger partial charge in [0.15, 0.2) is 0 Å².